The molecule has 0 aromatic carbocycles. The number of carboxylic acids is 1. The Bertz CT molecular complexity index is 379. The summed E-state index contributed by atoms with van der Waals surface area (Å²) in [6, 6.07) is 0. The fourth-order valence-electron chi connectivity index (χ4n) is 5.00. The van der Waals surface area contributed by atoms with Gasteiger partial charge in [0.25, 0.3) is 0 Å². The van der Waals surface area contributed by atoms with E-state index >= 15 is 0 Å². The first-order chi connectivity index (χ1) is 15.0. The zero-order valence-electron chi connectivity index (χ0n) is 21.9. The number of carboxylic acid groups (broad SMARTS) is 1. The SMILES string of the molecule is CCCCCCCCCCCCCCCCCCCC[C@@H](C)C[C@H](C)C[C@@H](C)C(=O)O. The van der Waals surface area contributed by atoms with Crippen molar-refractivity contribution in [2.75, 3.05) is 0 Å². The van der Waals surface area contributed by atoms with E-state index in [-0.39, 0.29) is 5.92 Å². The van der Waals surface area contributed by atoms with E-state index in [1.54, 1.807) is 0 Å². The van der Waals surface area contributed by atoms with Gasteiger partial charge >= 0.3 is 5.97 Å². The van der Waals surface area contributed by atoms with Gasteiger partial charge in [-0.15, -0.1) is 0 Å². The predicted molar refractivity (Wildman–Crippen MR) is 138 cm³/mol. The largest absolute Gasteiger partial charge is 0.481 e. The molecule has 0 aromatic rings. The number of rotatable bonds is 24. The molecule has 2 heteroatoms. The molecule has 0 rings (SSSR count). The molecule has 0 radical (unpaired) electrons. The minimum atomic E-state index is -0.650. The molecule has 0 spiro atoms. The van der Waals surface area contributed by atoms with Gasteiger partial charge in [0.1, 0.15) is 0 Å². The summed E-state index contributed by atoms with van der Waals surface area (Å²) in [5, 5.41) is 9.04. The van der Waals surface area contributed by atoms with Gasteiger partial charge in [-0.25, -0.2) is 0 Å². The van der Waals surface area contributed by atoms with Crippen LogP contribution in [0.5, 0.6) is 0 Å². The van der Waals surface area contributed by atoms with E-state index in [9.17, 15) is 4.79 Å². The van der Waals surface area contributed by atoms with Crippen LogP contribution in [-0.2, 0) is 4.79 Å². The van der Waals surface area contributed by atoms with E-state index in [2.05, 4.69) is 20.8 Å². The van der Waals surface area contributed by atoms with Crippen molar-refractivity contribution >= 4 is 5.97 Å². The Labute approximate surface area is 196 Å². The Kier molecular flexibility index (Phi) is 22.3. The summed E-state index contributed by atoms with van der Waals surface area (Å²) in [7, 11) is 0. The Morgan fingerprint density at radius 3 is 1.26 bits per heavy atom. The lowest BCUT2D eigenvalue weighted by atomic mass is 9.87. The van der Waals surface area contributed by atoms with Gasteiger partial charge < -0.3 is 5.11 Å². The zero-order valence-corrected chi connectivity index (χ0v) is 21.9. The molecule has 3 atom stereocenters. The van der Waals surface area contributed by atoms with Crippen LogP contribution >= 0.6 is 0 Å². The predicted octanol–water partition coefficient (Wildman–Crippen LogP) is 10.2. The summed E-state index contributed by atoms with van der Waals surface area (Å²) in [5.41, 5.74) is 0. The number of carbonyl (C=O) groups is 1. The average molecular weight is 439 g/mol. The number of aliphatic carboxylic acids is 1. The second-order valence-corrected chi connectivity index (χ2v) is 10.7. The van der Waals surface area contributed by atoms with Gasteiger partial charge in [0.15, 0.2) is 0 Å². The second-order valence-electron chi connectivity index (χ2n) is 10.7. The van der Waals surface area contributed by atoms with Gasteiger partial charge in [-0.2, -0.15) is 0 Å². The molecular formula is C29H58O2. The van der Waals surface area contributed by atoms with E-state index in [4.69, 9.17) is 5.11 Å². The molecule has 1 N–H and O–H groups in total. The number of unbranched alkanes of at least 4 members (excludes halogenated alkanes) is 17. The Morgan fingerprint density at radius 1 is 0.548 bits per heavy atom. The Morgan fingerprint density at radius 2 is 0.903 bits per heavy atom. The molecule has 0 amide bonds. The van der Waals surface area contributed by atoms with Crippen LogP contribution in [0.1, 0.15) is 163 Å². The highest BCUT2D eigenvalue weighted by molar-refractivity contribution is 5.69. The molecule has 0 saturated carbocycles. The summed E-state index contributed by atoms with van der Waals surface area (Å²) in [5.74, 6) is 0.406. The molecule has 0 heterocycles. The van der Waals surface area contributed by atoms with Crippen molar-refractivity contribution in [3.8, 4) is 0 Å². The molecule has 0 fully saturated rings. The summed E-state index contributed by atoms with van der Waals surface area (Å²) in [6.45, 7) is 8.68. The van der Waals surface area contributed by atoms with Crippen molar-refractivity contribution in [2.24, 2.45) is 17.8 Å². The molecule has 186 valence electrons. The van der Waals surface area contributed by atoms with Crippen LogP contribution in [0.2, 0.25) is 0 Å². The molecule has 0 aliphatic carbocycles. The lowest BCUT2D eigenvalue weighted by Gasteiger charge is -2.19. The summed E-state index contributed by atoms with van der Waals surface area (Å²) in [4.78, 5) is 11.0. The topological polar surface area (TPSA) is 37.3 Å². The maximum atomic E-state index is 11.0. The first-order valence-corrected chi connectivity index (χ1v) is 14.2. The molecule has 0 aliphatic rings. The van der Waals surface area contributed by atoms with Crippen LogP contribution in [0.25, 0.3) is 0 Å². The van der Waals surface area contributed by atoms with Crippen molar-refractivity contribution in [1.82, 2.24) is 0 Å². The molecule has 0 unspecified atom stereocenters. The molecule has 0 saturated heterocycles. The Balaban J connectivity index is 3.26. The minimum Gasteiger partial charge on any atom is -0.481 e. The zero-order chi connectivity index (χ0) is 23.2. The van der Waals surface area contributed by atoms with Gasteiger partial charge in [0, 0.05) is 0 Å². The summed E-state index contributed by atoms with van der Waals surface area (Å²) in [6.07, 6.45) is 29.1. The highest BCUT2D eigenvalue weighted by atomic mass is 16.4. The van der Waals surface area contributed by atoms with Crippen LogP contribution in [0.15, 0.2) is 0 Å². The average Bonchev–Trinajstić information content (AvgIpc) is 2.72. The van der Waals surface area contributed by atoms with E-state index in [0.717, 1.165) is 12.3 Å². The highest BCUT2D eigenvalue weighted by Gasteiger charge is 2.16. The van der Waals surface area contributed by atoms with Gasteiger partial charge in [-0.05, 0) is 24.7 Å². The maximum absolute atomic E-state index is 11.0. The third-order valence-electron chi connectivity index (χ3n) is 7.03. The third-order valence-corrected chi connectivity index (χ3v) is 7.03. The van der Waals surface area contributed by atoms with E-state index in [1.807, 2.05) is 6.92 Å². The third kappa shape index (κ3) is 22.5. The molecule has 2 nitrogen and oxygen atoms in total. The van der Waals surface area contributed by atoms with Crippen molar-refractivity contribution in [3.63, 3.8) is 0 Å². The van der Waals surface area contributed by atoms with Gasteiger partial charge in [0.2, 0.25) is 0 Å². The van der Waals surface area contributed by atoms with Gasteiger partial charge in [-0.3, -0.25) is 4.79 Å². The summed E-state index contributed by atoms with van der Waals surface area (Å²) >= 11 is 0. The maximum Gasteiger partial charge on any atom is 0.306 e. The van der Waals surface area contributed by atoms with E-state index in [0.29, 0.717) is 5.92 Å². The quantitative estimate of drug-likeness (QED) is 0.152. The highest BCUT2D eigenvalue weighted by Crippen LogP contribution is 2.24. The van der Waals surface area contributed by atoms with Crippen molar-refractivity contribution in [3.05, 3.63) is 0 Å². The van der Waals surface area contributed by atoms with Crippen molar-refractivity contribution < 1.29 is 9.90 Å². The van der Waals surface area contributed by atoms with Crippen LogP contribution in [0.4, 0.5) is 0 Å². The molecule has 31 heavy (non-hydrogen) atoms. The molecular weight excluding hydrogens is 380 g/mol. The molecule has 0 bridgehead atoms. The van der Waals surface area contributed by atoms with Crippen LogP contribution in [0, 0.1) is 17.8 Å². The lowest BCUT2D eigenvalue weighted by Crippen LogP contribution is -2.14. The molecule has 0 aliphatic heterocycles. The minimum absolute atomic E-state index is 0.202. The van der Waals surface area contributed by atoms with Crippen LogP contribution < -0.4 is 0 Å². The smallest absolute Gasteiger partial charge is 0.306 e. The van der Waals surface area contributed by atoms with Crippen molar-refractivity contribution in [2.45, 2.75) is 163 Å². The fraction of sp³-hybridized carbons (Fsp3) is 0.966. The summed E-state index contributed by atoms with van der Waals surface area (Å²) < 4.78 is 0. The monoisotopic (exact) mass is 438 g/mol. The normalized spacial score (nSPS) is 14.5. The van der Waals surface area contributed by atoms with E-state index in [1.165, 1.54) is 128 Å². The van der Waals surface area contributed by atoms with Crippen molar-refractivity contribution in [1.29, 1.82) is 0 Å². The second kappa shape index (κ2) is 22.7. The number of hydrogen-bond donors (Lipinski definition) is 1. The standard InChI is InChI=1S/C29H58O2/c1-5-6-7-8-9-10-11-12-13-14-15-16-17-18-19-20-21-22-23-26(2)24-27(3)25-28(4)29(30)31/h26-28H,5-25H2,1-4H3,(H,30,31)/t26-,27+,28-/m1/s1. The molecule has 0 aromatic heterocycles. The van der Waals surface area contributed by atoms with Crippen LogP contribution in [0.3, 0.4) is 0 Å². The first kappa shape index (κ1) is 30.5. The first-order valence-electron chi connectivity index (χ1n) is 14.2. The fourth-order valence-corrected chi connectivity index (χ4v) is 5.00. The van der Waals surface area contributed by atoms with E-state index < -0.39 is 5.97 Å². The van der Waals surface area contributed by atoms with Crippen LogP contribution in [-0.4, -0.2) is 11.1 Å². The lowest BCUT2D eigenvalue weighted by molar-refractivity contribution is -0.141. The van der Waals surface area contributed by atoms with Gasteiger partial charge in [-0.1, -0.05) is 150 Å². The van der Waals surface area contributed by atoms with Gasteiger partial charge in [0.05, 0.1) is 5.92 Å². The Hall–Kier alpha value is -0.530. The number of hydrogen-bond acceptors (Lipinski definition) is 1.